The van der Waals surface area contributed by atoms with E-state index < -0.39 is 22.9 Å². The highest BCUT2D eigenvalue weighted by Gasteiger charge is 2.35. The van der Waals surface area contributed by atoms with Gasteiger partial charge in [0.05, 0.1) is 22.9 Å². The van der Waals surface area contributed by atoms with Gasteiger partial charge in [-0.25, -0.2) is 0 Å². The molecule has 0 spiro atoms. The molecule has 4 rings (SSSR count). The fraction of sp³-hybridized carbons (Fsp3) is 0.333. The van der Waals surface area contributed by atoms with Crippen molar-refractivity contribution >= 4 is 17.1 Å². The maximum Gasteiger partial charge on any atom is 0.416 e. The number of nitrogens with zero attached hydrogens (tertiary/aromatic N) is 2. The summed E-state index contributed by atoms with van der Waals surface area (Å²) in [6.07, 6.45) is -1.18. The van der Waals surface area contributed by atoms with Crippen LogP contribution in [-0.4, -0.2) is 26.6 Å². The molecular formula is C27H28F3N3O2S. The van der Waals surface area contributed by atoms with Crippen molar-refractivity contribution in [3.05, 3.63) is 94.3 Å². The minimum atomic E-state index is -4.36. The topological polar surface area (TPSA) is 68.3 Å². The minimum absolute atomic E-state index is 0.00272. The first kappa shape index (κ1) is 26.2. The molecule has 5 nitrogen and oxygen atoms in total. The summed E-state index contributed by atoms with van der Waals surface area (Å²) in [7, 11) is 0. The van der Waals surface area contributed by atoms with Crippen LogP contribution in [0.4, 0.5) is 13.2 Å². The van der Waals surface area contributed by atoms with E-state index in [-0.39, 0.29) is 17.9 Å². The fourth-order valence-corrected chi connectivity index (χ4v) is 5.16. The number of carbonyl (C=O) groups excluding carboxylic acids is 1. The minimum Gasteiger partial charge on any atom is -0.612 e. The highest BCUT2D eigenvalue weighted by Crippen LogP contribution is 2.39. The van der Waals surface area contributed by atoms with Crippen LogP contribution in [0.1, 0.15) is 58.2 Å². The molecule has 0 fully saturated rings. The van der Waals surface area contributed by atoms with Crippen LogP contribution in [0.15, 0.2) is 65.7 Å². The maximum absolute atomic E-state index is 12.9. The monoisotopic (exact) mass is 515 g/mol. The number of hydrogen-bond acceptors (Lipinski definition) is 4. The van der Waals surface area contributed by atoms with Gasteiger partial charge in [-0.15, -0.1) is 0 Å². The van der Waals surface area contributed by atoms with Gasteiger partial charge in [0, 0.05) is 25.8 Å². The van der Waals surface area contributed by atoms with E-state index in [1.54, 1.807) is 18.5 Å². The SMILES string of the molecule is CC(C)[C@H]1c2ncc(C(=O)NCc3cccc([S+](C)[O-])c3)cc2CN1Cc1ccc(C(F)(F)F)cc1. The predicted octanol–water partition coefficient (Wildman–Crippen LogP) is 5.48. The molecule has 2 aromatic carbocycles. The van der Waals surface area contributed by atoms with Gasteiger partial charge in [0.25, 0.3) is 5.91 Å². The average Bonchev–Trinajstić information content (AvgIpc) is 3.19. The summed E-state index contributed by atoms with van der Waals surface area (Å²) < 4.78 is 50.4. The van der Waals surface area contributed by atoms with Crippen LogP contribution in [-0.2, 0) is 37.0 Å². The molecule has 1 aliphatic rings. The Morgan fingerprint density at radius 3 is 2.53 bits per heavy atom. The van der Waals surface area contributed by atoms with E-state index in [1.165, 1.54) is 12.1 Å². The van der Waals surface area contributed by atoms with Crippen molar-refractivity contribution < 1.29 is 22.5 Å². The van der Waals surface area contributed by atoms with Crippen molar-refractivity contribution in [2.24, 2.45) is 5.92 Å². The Labute approximate surface area is 211 Å². The molecule has 2 atom stereocenters. The van der Waals surface area contributed by atoms with Gasteiger partial charge in [-0.2, -0.15) is 13.2 Å². The Morgan fingerprint density at radius 1 is 1.17 bits per heavy atom. The molecule has 1 aromatic heterocycles. The first-order valence-corrected chi connectivity index (χ1v) is 13.2. The van der Waals surface area contributed by atoms with Gasteiger partial charge in [0.2, 0.25) is 0 Å². The van der Waals surface area contributed by atoms with Gasteiger partial charge in [-0.3, -0.25) is 14.7 Å². The number of benzene rings is 2. The Morgan fingerprint density at radius 2 is 1.89 bits per heavy atom. The molecule has 190 valence electrons. The molecule has 9 heteroatoms. The average molecular weight is 516 g/mol. The molecule has 0 radical (unpaired) electrons. The van der Waals surface area contributed by atoms with Gasteiger partial charge in [-0.05, 0) is 64.1 Å². The van der Waals surface area contributed by atoms with E-state index in [1.807, 2.05) is 24.3 Å². The highest BCUT2D eigenvalue weighted by atomic mass is 32.2. The number of pyridine rings is 1. The largest absolute Gasteiger partial charge is 0.612 e. The molecule has 0 bridgehead atoms. The van der Waals surface area contributed by atoms with Crippen molar-refractivity contribution in [3.63, 3.8) is 0 Å². The Kier molecular flexibility index (Phi) is 7.73. The van der Waals surface area contributed by atoms with Gasteiger partial charge in [0.1, 0.15) is 6.26 Å². The number of alkyl halides is 3. The quantitative estimate of drug-likeness (QED) is 0.423. The molecule has 0 saturated carbocycles. The summed E-state index contributed by atoms with van der Waals surface area (Å²) in [6, 6.07) is 14.4. The molecule has 0 saturated heterocycles. The number of halogens is 3. The number of carbonyl (C=O) groups is 1. The Balaban J connectivity index is 1.46. The van der Waals surface area contributed by atoms with E-state index in [9.17, 15) is 22.5 Å². The van der Waals surface area contributed by atoms with Gasteiger partial charge in [0.15, 0.2) is 4.90 Å². The molecule has 1 N–H and O–H groups in total. The lowest BCUT2D eigenvalue weighted by atomic mass is 9.99. The van der Waals surface area contributed by atoms with Crippen molar-refractivity contribution in [1.29, 1.82) is 0 Å². The first-order chi connectivity index (χ1) is 17.0. The highest BCUT2D eigenvalue weighted by molar-refractivity contribution is 7.90. The zero-order valence-electron chi connectivity index (χ0n) is 20.3. The van der Waals surface area contributed by atoms with Crippen LogP contribution >= 0.6 is 0 Å². The standard InChI is InChI=1S/C27H28F3N3O2S/c1-17(2)25-24-21(16-33(25)15-18-7-9-22(10-8-18)27(28,29)30)12-20(14-31-24)26(34)32-13-19-5-4-6-23(11-19)36(3)35/h4-12,14,17,25H,13,15-16H2,1-3H3,(H,32,34)/t25-,36?/m0/s1. The molecule has 1 amide bonds. The molecule has 3 aromatic rings. The number of fused-ring (bicyclic) bond motifs is 1. The van der Waals surface area contributed by atoms with E-state index in [2.05, 4.69) is 29.0 Å². The smallest absolute Gasteiger partial charge is 0.416 e. The molecule has 1 unspecified atom stereocenters. The zero-order valence-corrected chi connectivity index (χ0v) is 21.1. The fourth-order valence-electron chi connectivity index (χ4n) is 4.57. The summed E-state index contributed by atoms with van der Waals surface area (Å²) in [5.41, 5.74) is 3.26. The number of aromatic nitrogens is 1. The van der Waals surface area contributed by atoms with Crippen LogP contribution in [0, 0.1) is 5.92 Å². The van der Waals surface area contributed by atoms with Crippen LogP contribution in [0.25, 0.3) is 0 Å². The lowest BCUT2D eigenvalue weighted by Gasteiger charge is -2.27. The lowest BCUT2D eigenvalue weighted by molar-refractivity contribution is -0.137. The van der Waals surface area contributed by atoms with Crippen LogP contribution in [0.5, 0.6) is 0 Å². The molecule has 2 heterocycles. The summed E-state index contributed by atoms with van der Waals surface area (Å²) >= 11 is -1.10. The second-order valence-electron chi connectivity index (χ2n) is 9.34. The summed E-state index contributed by atoms with van der Waals surface area (Å²) in [4.78, 5) is 20.3. The third-order valence-corrected chi connectivity index (χ3v) is 7.21. The van der Waals surface area contributed by atoms with E-state index in [4.69, 9.17) is 0 Å². The number of hydrogen-bond donors (Lipinski definition) is 1. The number of nitrogens with one attached hydrogen (secondary N) is 1. The second kappa shape index (κ2) is 10.6. The van der Waals surface area contributed by atoms with Crippen molar-refractivity contribution in [2.75, 3.05) is 6.26 Å². The lowest BCUT2D eigenvalue weighted by Crippen LogP contribution is -2.25. The van der Waals surface area contributed by atoms with Gasteiger partial charge >= 0.3 is 6.18 Å². The van der Waals surface area contributed by atoms with E-state index >= 15 is 0 Å². The predicted molar refractivity (Wildman–Crippen MR) is 132 cm³/mol. The Hall–Kier alpha value is -2.88. The van der Waals surface area contributed by atoms with Gasteiger partial charge < -0.3 is 9.87 Å². The normalized spacial score (nSPS) is 16.7. The molecular weight excluding hydrogens is 487 g/mol. The second-order valence-corrected chi connectivity index (χ2v) is 10.7. The van der Waals surface area contributed by atoms with Crippen molar-refractivity contribution in [3.8, 4) is 0 Å². The maximum atomic E-state index is 12.9. The molecule has 1 aliphatic heterocycles. The van der Waals surface area contributed by atoms with Gasteiger partial charge in [-0.1, -0.05) is 38.1 Å². The van der Waals surface area contributed by atoms with E-state index in [0.29, 0.717) is 30.1 Å². The third-order valence-electron chi connectivity index (χ3n) is 6.29. The zero-order chi connectivity index (χ0) is 26.0. The summed E-state index contributed by atoms with van der Waals surface area (Å²) in [5, 5.41) is 2.89. The summed E-state index contributed by atoms with van der Waals surface area (Å²) in [5.74, 6) is -0.0279. The van der Waals surface area contributed by atoms with Crippen molar-refractivity contribution in [2.45, 2.75) is 50.6 Å². The van der Waals surface area contributed by atoms with Crippen LogP contribution < -0.4 is 5.32 Å². The molecule has 0 aliphatic carbocycles. The van der Waals surface area contributed by atoms with Crippen LogP contribution in [0.3, 0.4) is 0 Å². The number of amides is 1. The number of rotatable bonds is 7. The molecule has 36 heavy (non-hydrogen) atoms. The van der Waals surface area contributed by atoms with Crippen molar-refractivity contribution in [1.82, 2.24) is 15.2 Å². The van der Waals surface area contributed by atoms with E-state index in [0.717, 1.165) is 34.5 Å². The van der Waals surface area contributed by atoms with Crippen LogP contribution in [0.2, 0.25) is 0 Å². The Bertz CT molecular complexity index is 1230. The first-order valence-electron chi connectivity index (χ1n) is 11.6. The third kappa shape index (κ3) is 5.91. The summed E-state index contributed by atoms with van der Waals surface area (Å²) in [6.45, 7) is 5.50.